The molecule has 0 saturated carbocycles. The van der Waals surface area contributed by atoms with E-state index in [1.54, 1.807) is 0 Å². The quantitative estimate of drug-likeness (QED) is 0.723. The van der Waals surface area contributed by atoms with Gasteiger partial charge in [0.2, 0.25) is 0 Å². The van der Waals surface area contributed by atoms with Crippen molar-refractivity contribution in [3.05, 3.63) is 35.4 Å². The highest BCUT2D eigenvalue weighted by Crippen LogP contribution is 2.07. The second kappa shape index (κ2) is 6.62. The van der Waals surface area contributed by atoms with Gasteiger partial charge in [-0.3, -0.25) is 0 Å². The van der Waals surface area contributed by atoms with Crippen LogP contribution in [0.3, 0.4) is 0 Å². The standard InChI is InChI=1S/C14H23N/c1-4-6-13-8-10-14(11-9-13)7-5-12-15(2)3/h8-11H,4-7,12H2,1-3H3/p+1. The predicted octanol–water partition coefficient (Wildman–Crippen LogP) is 1.72. The summed E-state index contributed by atoms with van der Waals surface area (Å²) < 4.78 is 0. The molecule has 15 heavy (non-hydrogen) atoms. The molecule has 0 saturated heterocycles. The van der Waals surface area contributed by atoms with Crippen LogP contribution in [-0.4, -0.2) is 20.6 Å². The van der Waals surface area contributed by atoms with Crippen molar-refractivity contribution in [2.45, 2.75) is 32.6 Å². The highest BCUT2D eigenvalue weighted by atomic mass is 15.0. The lowest BCUT2D eigenvalue weighted by Gasteiger charge is -2.07. The molecule has 0 aliphatic carbocycles. The van der Waals surface area contributed by atoms with Gasteiger partial charge in [0, 0.05) is 6.42 Å². The van der Waals surface area contributed by atoms with Gasteiger partial charge in [-0.1, -0.05) is 37.6 Å². The average Bonchev–Trinajstić information content (AvgIpc) is 2.20. The second-order valence-electron chi connectivity index (χ2n) is 4.63. The number of benzene rings is 1. The molecule has 0 unspecified atom stereocenters. The third-order valence-electron chi connectivity index (χ3n) is 2.70. The summed E-state index contributed by atoms with van der Waals surface area (Å²) in [5.41, 5.74) is 2.95. The van der Waals surface area contributed by atoms with E-state index in [0.29, 0.717) is 0 Å². The van der Waals surface area contributed by atoms with Crippen LogP contribution in [0.2, 0.25) is 0 Å². The lowest BCUT2D eigenvalue weighted by atomic mass is 10.0. The van der Waals surface area contributed by atoms with Crippen LogP contribution in [0, 0.1) is 0 Å². The fraction of sp³-hybridized carbons (Fsp3) is 0.571. The van der Waals surface area contributed by atoms with Crippen LogP contribution in [0.15, 0.2) is 24.3 Å². The van der Waals surface area contributed by atoms with Crippen LogP contribution in [-0.2, 0) is 12.8 Å². The lowest BCUT2D eigenvalue weighted by molar-refractivity contribution is -0.858. The molecule has 0 amide bonds. The van der Waals surface area contributed by atoms with E-state index in [-0.39, 0.29) is 0 Å². The fourth-order valence-electron chi connectivity index (χ4n) is 1.81. The monoisotopic (exact) mass is 206 g/mol. The molecule has 0 bridgehead atoms. The molecule has 0 aromatic heterocycles. The van der Waals surface area contributed by atoms with E-state index in [1.807, 2.05) is 0 Å². The predicted molar refractivity (Wildman–Crippen MR) is 66.4 cm³/mol. The van der Waals surface area contributed by atoms with Gasteiger partial charge in [-0.05, 0) is 24.0 Å². The number of hydrogen-bond donors (Lipinski definition) is 1. The van der Waals surface area contributed by atoms with Crippen molar-refractivity contribution < 1.29 is 4.90 Å². The summed E-state index contributed by atoms with van der Waals surface area (Å²) in [6.07, 6.45) is 4.96. The van der Waals surface area contributed by atoms with Crippen molar-refractivity contribution in [1.82, 2.24) is 0 Å². The second-order valence-corrected chi connectivity index (χ2v) is 4.63. The van der Waals surface area contributed by atoms with Crippen LogP contribution < -0.4 is 4.90 Å². The van der Waals surface area contributed by atoms with E-state index >= 15 is 0 Å². The maximum atomic E-state index is 2.29. The number of quaternary nitrogens is 1. The lowest BCUT2D eigenvalue weighted by Crippen LogP contribution is -3.05. The maximum absolute atomic E-state index is 2.29. The SMILES string of the molecule is CCCc1ccc(CCC[NH+](C)C)cc1. The molecule has 0 heterocycles. The molecule has 1 nitrogen and oxygen atoms in total. The fourth-order valence-corrected chi connectivity index (χ4v) is 1.81. The van der Waals surface area contributed by atoms with Crippen LogP contribution in [0.1, 0.15) is 30.9 Å². The number of hydrogen-bond acceptors (Lipinski definition) is 0. The molecule has 0 spiro atoms. The zero-order chi connectivity index (χ0) is 11.1. The van der Waals surface area contributed by atoms with E-state index in [2.05, 4.69) is 45.3 Å². The van der Waals surface area contributed by atoms with Crippen molar-refractivity contribution in [3.8, 4) is 0 Å². The van der Waals surface area contributed by atoms with Crippen LogP contribution in [0.5, 0.6) is 0 Å². The van der Waals surface area contributed by atoms with Gasteiger partial charge in [0.25, 0.3) is 0 Å². The van der Waals surface area contributed by atoms with Gasteiger partial charge in [-0.25, -0.2) is 0 Å². The smallest absolute Gasteiger partial charge is 0.0770 e. The first-order valence-electron chi connectivity index (χ1n) is 6.09. The van der Waals surface area contributed by atoms with Gasteiger partial charge >= 0.3 is 0 Å². The summed E-state index contributed by atoms with van der Waals surface area (Å²) in [7, 11) is 4.43. The topological polar surface area (TPSA) is 4.44 Å². The first-order chi connectivity index (χ1) is 7.22. The van der Waals surface area contributed by atoms with E-state index in [9.17, 15) is 0 Å². The van der Waals surface area contributed by atoms with Crippen molar-refractivity contribution in [1.29, 1.82) is 0 Å². The van der Waals surface area contributed by atoms with E-state index in [4.69, 9.17) is 0 Å². The van der Waals surface area contributed by atoms with E-state index < -0.39 is 0 Å². The number of rotatable bonds is 6. The van der Waals surface area contributed by atoms with Crippen molar-refractivity contribution >= 4 is 0 Å². The molecule has 0 radical (unpaired) electrons. The summed E-state index contributed by atoms with van der Waals surface area (Å²) >= 11 is 0. The minimum absolute atomic E-state index is 1.21. The zero-order valence-electron chi connectivity index (χ0n) is 10.3. The van der Waals surface area contributed by atoms with Gasteiger partial charge < -0.3 is 4.90 Å². The summed E-state index contributed by atoms with van der Waals surface area (Å²) in [4.78, 5) is 1.54. The van der Waals surface area contributed by atoms with Gasteiger partial charge in [0.15, 0.2) is 0 Å². The Labute approximate surface area is 94.1 Å². The summed E-state index contributed by atoms with van der Waals surface area (Å²) in [6, 6.07) is 9.13. The minimum atomic E-state index is 1.21. The first kappa shape index (κ1) is 12.3. The van der Waals surface area contributed by atoms with Crippen molar-refractivity contribution in [2.24, 2.45) is 0 Å². The third kappa shape index (κ3) is 4.98. The molecule has 0 aliphatic rings. The van der Waals surface area contributed by atoms with E-state index in [1.165, 1.54) is 48.3 Å². The normalized spacial score (nSPS) is 10.9. The maximum Gasteiger partial charge on any atom is 0.0770 e. The molecular weight excluding hydrogens is 182 g/mol. The van der Waals surface area contributed by atoms with Crippen LogP contribution >= 0.6 is 0 Å². The highest BCUT2D eigenvalue weighted by Gasteiger charge is 1.97. The Bertz CT molecular complexity index is 261. The Hall–Kier alpha value is -0.820. The number of aryl methyl sites for hydroxylation is 2. The molecule has 1 N–H and O–H groups in total. The summed E-state index contributed by atoms with van der Waals surface area (Å²) in [5, 5.41) is 0. The molecule has 0 atom stereocenters. The Balaban J connectivity index is 2.36. The molecule has 0 fully saturated rings. The first-order valence-corrected chi connectivity index (χ1v) is 6.09. The highest BCUT2D eigenvalue weighted by molar-refractivity contribution is 5.22. The Kier molecular flexibility index (Phi) is 5.41. The van der Waals surface area contributed by atoms with Crippen molar-refractivity contribution in [3.63, 3.8) is 0 Å². The Morgan fingerprint density at radius 1 is 0.933 bits per heavy atom. The third-order valence-corrected chi connectivity index (χ3v) is 2.70. The molecule has 1 aromatic rings. The molecule has 1 rings (SSSR count). The van der Waals surface area contributed by atoms with Gasteiger partial charge in [-0.15, -0.1) is 0 Å². The van der Waals surface area contributed by atoms with Gasteiger partial charge in [0.05, 0.1) is 20.6 Å². The Morgan fingerprint density at radius 2 is 1.47 bits per heavy atom. The van der Waals surface area contributed by atoms with Crippen LogP contribution in [0.25, 0.3) is 0 Å². The van der Waals surface area contributed by atoms with Crippen LogP contribution in [0.4, 0.5) is 0 Å². The minimum Gasteiger partial charge on any atom is -0.340 e. The molecule has 1 heteroatoms. The zero-order valence-corrected chi connectivity index (χ0v) is 10.3. The van der Waals surface area contributed by atoms with Crippen molar-refractivity contribution in [2.75, 3.05) is 20.6 Å². The van der Waals surface area contributed by atoms with Gasteiger partial charge in [-0.2, -0.15) is 0 Å². The Morgan fingerprint density at radius 3 is 1.93 bits per heavy atom. The molecule has 1 aromatic carbocycles. The molecule has 0 aliphatic heterocycles. The molecular formula is C14H24N+. The largest absolute Gasteiger partial charge is 0.340 e. The summed E-state index contributed by atoms with van der Waals surface area (Å²) in [5.74, 6) is 0. The average molecular weight is 206 g/mol. The number of nitrogens with one attached hydrogen (secondary N) is 1. The molecule has 84 valence electrons. The van der Waals surface area contributed by atoms with E-state index in [0.717, 1.165) is 0 Å². The van der Waals surface area contributed by atoms with Gasteiger partial charge in [0.1, 0.15) is 0 Å². The summed E-state index contributed by atoms with van der Waals surface area (Å²) in [6.45, 7) is 3.49.